The van der Waals surface area contributed by atoms with Crippen LogP contribution in [-0.2, 0) is 21.6 Å². The zero-order valence-electron chi connectivity index (χ0n) is 15.3. The molecule has 1 aliphatic carbocycles. The van der Waals surface area contributed by atoms with Crippen LogP contribution in [-0.4, -0.2) is 47.0 Å². The van der Waals surface area contributed by atoms with Gasteiger partial charge in [0.25, 0.3) is 0 Å². The first-order valence-corrected chi connectivity index (χ1v) is 9.51. The molecule has 1 amide bonds. The van der Waals surface area contributed by atoms with Crippen molar-refractivity contribution in [2.75, 3.05) is 31.6 Å². The van der Waals surface area contributed by atoms with E-state index in [9.17, 15) is 4.79 Å². The summed E-state index contributed by atoms with van der Waals surface area (Å²) >= 11 is 0. The number of fused-ring (bicyclic) bond motifs is 2. The molecule has 4 rings (SSSR count). The molecule has 6 nitrogen and oxygen atoms in total. The lowest BCUT2D eigenvalue weighted by Gasteiger charge is -2.34. The number of anilines is 1. The largest absolute Gasteiger partial charge is 0.376 e. The summed E-state index contributed by atoms with van der Waals surface area (Å²) in [5, 5.41) is 3.38. The molecule has 1 N–H and O–H groups in total. The van der Waals surface area contributed by atoms with Crippen molar-refractivity contribution in [2.45, 2.75) is 51.6 Å². The molecular formula is C19H28N4O2. The minimum atomic E-state index is -0.167. The molecular weight excluding hydrogens is 316 g/mol. The molecule has 3 heterocycles. The van der Waals surface area contributed by atoms with Gasteiger partial charge in [0.2, 0.25) is 11.9 Å². The highest BCUT2D eigenvalue weighted by Crippen LogP contribution is 2.39. The molecule has 3 aliphatic rings. The number of ether oxygens (including phenoxy) is 1. The van der Waals surface area contributed by atoms with E-state index in [-0.39, 0.29) is 11.3 Å². The molecule has 2 aliphatic heterocycles. The topological polar surface area (TPSA) is 67.4 Å². The van der Waals surface area contributed by atoms with Gasteiger partial charge in [-0.1, -0.05) is 13.8 Å². The average Bonchev–Trinajstić information content (AvgIpc) is 3.32. The quantitative estimate of drug-likeness (QED) is 0.888. The number of likely N-dealkylation sites (tertiary alicyclic amines) is 1. The first kappa shape index (κ1) is 16.8. The summed E-state index contributed by atoms with van der Waals surface area (Å²) in [6.07, 6.45) is 6.05. The summed E-state index contributed by atoms with van der Waals surface area (Å²) in [5.41, 5.74) is 1.99. The molecule has 0 aromatic carbocycles. The van der Waals surface area contributed by atoms with Gasteiger partial charge in [-0.05, 0) is 31.1 Å². The van der Waals surface area contributed by atoms with Crippen molar-refractivity contribution >= 4 is 11.9 Å². The van der Waals surface area contributed by atoms with Gasteiger partial charge in [-0.25, -0.2) is 9.97 Å². The standard InChI is InChI=1S/C19H28N4O2/c1-13(2)7-16(24)23-6-5-19(11-23)12-25-10-15-9-21-18(22-17(15)19)20-8-14-3-4-14/h9,13-14H,3-8,10-12H2,1-2H3,(H,20,21,22)/t19-/m1/s1. The van der Waals surface area contributed by atoms with Crippen molar-refractivity contribution in [3.63, 3.8) is 0 Å². The van der Waals surface area contributed by atoms with Gasteiger partial charge < -0.3 is 15.0 Å². The second-order valence-electron chi connectivity index (χ2n) is 8.33. The number of hydrogen-bond acceptors (Lipinski definition) is 5. The molecule has 1 atom stereocenters. The van der Waals surface area contributed by atoms with Crippen molar-refractivity contribution < 1.29 is 9.53 Å². The van der Waals surface area contributed by atoms with Gasteiger partial charge in [0, 0.05) is 37.8 Å². The van der Waals surface area contributed by atoms with E-state index in [1.54, 1.807) is 0 Å². The van der Waals surface area contributed by atoms with Crippen LogP contribution in [0.4, 0.5) is 5.95 Å². The van der Waals surface area contributed by atoms with Gasteiger partial charge in [-0.15, -0.1) is 0 Å². The molecule has 25 heavy (non-hydrogen) atoms. The number of nitrogens with one attached hydrogen (secondary N) is 1. The number of amides is 1. The molecule has 1 spiro atoms. The fourth-order valence-corrected chi connectivity index (χ4v) is 3.91. The second-order valence-corrected chi connectivity index (χ2v) is 8.33. The van der Waals surface area contributed by atoms with Gasteiger partial charge in [0.1, 0.15) is 0 Å². The van der Waals surface area contributed by atoms with Gasteiger partial charge in [0.05, 0.1) is 24.3 Å². The fourth-order valence-electron chi connectivity index (χ4n) is 3.91. The molecule has 136 valence electrons. The lowest BCUT2D eigenvalue weighted by atomic mass is 9.80. The number of aromatic nitrogens is 2. The summed E-state index contributed by atoms with van der Waals surface area (Å²) in [5.74, 6) is 2.14. The number of carbonyl (C=O) groups is 1. The van der Waals surface area contributed by atoms with E-state index in [1.165, 1.54) is 12.8 Å². The molecule has 0 radical (unpaired) electrons. The third-order valence-corrected chi connectivity index (χ3v) is 5.54. The molecule has 0 bridgehead atoms. The monoisotopic (exact) mass is 344 g/mol. The fraction of sp³-hybridized carbons (Fsp3) is 0.737. The summed E-state index contributed by atoms with van der Waals surface area (Å²) in [6, 6.07) is 0. The maximum Gasteiger partial charge on any atom is 0.222 e. The number of rotatable bonds is 5. The highest BCUT2D eigenvalue weighted by atomic mass is 16.5. The third-order valence-electron chi connectivity index (χ3n) is 5.54. The smallest absolute Gasteiger partial charge is 0.222 e. The molecule has 6 heteroatoms. The van der Waals surface area contributed by atoms with Gasteiger partial charge in [-0.2, -0.15) is 0 Å². The third kappa shape index (κ3) is 3.50. The minimum Gasteiger partial charge on any atom is -0.376 e. The Hall–Kier alpha value is -1.69. The summed E-state index contributed by atoms with van der Waals surface area (Å²) in [7, 11) is 0. The lowest BCUT2D eigenvalue weighted by molar-refractivity contribution is -0.131. The van der Waals surface area contributed by atoms with Crippen LogP contribution in [0, 0.1) is 11.8 Å². The van der Waals surface area contributed by atoms with E-state index in [0.29, 0.717) is 32.1 Å². The normalized spacial score (nSPS) is 25.5. The van der Waals surface area contributed by atoms with Crippen LogP contribution in [0.5, 0.6) is 0 Å². The number of nitrogens with zero attached hydrogens (tertiary/aromatic N) is 3. The molecule has 1 aromatic heterocycles. The molecule has 1 saturated carbocycles. The average molecular weight is 344 g/mol. The van der Waals surface area contributed by atoms with Crippen LogP contribution in [0.3, 0.4) is 0 Å². The van der Waals surface area contributed by atoms with E-state index in [4.69, 9.17) is 9.72 Å². The van der Waals surface area contributed by atoms with Crippen molar-refractivity contribution in [1.29, 1.82) is 0 Å². The number of carbonyl (C=O) groups excluding carboxylic acids is 1. The van der Waals surface area contributed by atoms with Gasteiger partial charge in [0.15, 0.2) is 0 Å². The maximum absolute atomic E-state index is 12.5. The van der Waals surface area contributed by atoms with Crippen molar-refractivity contribution in [1.82, 2.24) is 14.9 Å². The van der Waals surface area contributed by atoms with Crippen LogP contribution in [0.2, 0.25) is 0 Å². The summed E-state index contributed by atoms with van der Waals surface area (Å²) in [6.45, 7) is 7.86. The summed E-state index contributed by atoms with van der Waals surface area (Å²) in [4.78, 5) is 23.8. The van der Waals surface area contributed by atoms with Crippen LogP contribution >= 0.6 is 0 Å². The van der Waals surface area contributed by atoms with E-state index >= 15 is 0 Å². The Balaban J connectivity index is 1.53. The van der Waals surface area contributed by atoms with Crippen LogP contribution in [0.25, 0.3) is 0 Å². The molecule has 0 unspecified atom stereocenters. The first-order chi connectivity index (χ1) is 12.1. The highest BCUT2D eigenvalue weighted by Gasteiger charge is 2.46. The summed E-state index contributed by atoms with van der Waals surface area (Å²) < 4.78 is 5.85. The van der Waals surface area contributed by atoms with Gasteiger partial charge >= 0.3 is 0 Å². The van der Waals surface area contributed by atoms with E-state index in [0.717, 1.165) is 42.6 Å². The number of hydrogen-bond donors (Lipinski definition) is 1. The van der Waals surface area contributed by atoms with Crippen LogP contribution in [0.15, 0.2) is 6.20 Å². The van der Waals surface area contributed by atoms with E-state index < -0.39 is 0 Å². The highest BCUT2D eigenvalue weighted by molar-refractivity contribution is 5.77. The molecule has 1 saturated heterocycles. The Bertz CT molecular complexity index is 659. The Morgan fingerprint density at radius 3 is 3.08 bits per heavy atom. The zero-order valence-corrected chi connectivity index (χ0v) is 15.3. The zero-order chi connectivity index (χ0) is 17.4. The van der Waals surface area contributed by atoms with Crippen LogP contribution < -0.4 is 5.32 Å². The predicted octanol–water partition coefficient (Wildman–Crippen LogP) is 2.34. The lowest BCUT2D eigenvalue weighted by Crippen LogP contribution is -2.42. The van der Waals surface area contributed by atoms with Gasteiger partial charge in [-0.3, -0.25) is 4.79 Å². The Morgan fingerprint density at radius 1 is 1.48 bits per heavy atom. The molecule has 2 fully saturated rings. The van der Waals surface area contributed by atoms with Crippen molar-refractivity contribution in [3.8, 4) is 0 Å². The second kappa shape index (κ2) is 6.56. The van der Waals surface area contributed by atoms with E-state index in [1.807, 2.05) is 11.1 Å². The Kier molecular flexibility index (Phi) is 4.40. The van der Waals surface area contributed by atoms with E-state index in [2.05, 4.69) is 24.1 Å². The van der Waals surface area contributed by atoms with Crippen molar-refractivity contribution in [3.05, 3.63) is 17.5 Å². The first-order valence-electron chi connectivity index (χ1n) is 9.51. The van der Waals surface area contributed by atoms with Crippen LogP contribution in [0.1, 0.15) is 50.8 Å². The Labute approximate surface area is 149 Å². The predicted molar refractivity (Wildman–Crippen MR) is 95.2 cm³/mol. The Morgan fingerprint density at radius 2 is 2.32 bits per heavy atom. The SMILES string of the molecule is CC(C)CC(=O)N1CC[C@]2(COCc3cnc(NCC4CC4)nc32)C1. The maximum atomic E-state index is 12.5. The minimum absolute atomic E-state index is 0.167. The van der Waals surface area contributed by atoms with Crippen molar-refractivity contribution in [2.24, 2.45) is 11.8 Å². The molecule has 1 aromatic rings.